The number of hydrogen-bond acceptors (Lipinski definition) is 6. The second kappa shape index (κ2) is 9.18. The summed E-state index contributed by atoms with van der Waals surface area (Å²) in [5.74, 6) is -0.538. The first-order valence-corrected chi connectivity index (χ1v) is 10.4. The Morgan fingerprint density at radius 2 is 1.88 bits per heavy atom. The number of amides is 1. The summed E-state index contributed by atoms with van der Waals surface area (Å²) in [7, 11) is 0. The largest absolute Gasteiger partial charge is 0.472 e. The van der Waals surface area contributed by atoms with Gasteiger partial charge in [-0.2, -0.15) is 28.2 Å². The van der Waals surface area contributed by atoms with Crippen molar-refractivity contribution in [3.05, 3.63) is 65.6 Å². The molecule has 1 aliphatic heterocycles. The standard InChI is InChI=1S/C22H22F3N5O3/c1-14-6-7-15(33-20-17(13-31)18(8-9-26-20)22(23,24)25)12-29(14)21(32)16-4-2-3-5-19(16)30-27-10-11-28-30/h2-5,8-11,14-15,31H,6-7,12-13H2,1H3/t14-,15-/m1/s1. The van der Waals surface area contributed by atoms with Crippen molar-refractivity contribution in [2.24, 2.45) is 0 Å². The SMILES string of the molecule is C[C@@H]1CC[C@@H](Oc2nccc(C(F)(F)F)c2CO)CN1C(=O)c1ccccc1-n1nccn1. The van der Waals surface area contributed by atoms with Gasteiger partial charge in [0.1, 0.15) is 6.10 Å². The number of rotatable bonds is 5. The molecule has 2 aromatic heterocycles. The number of piperidine rings is 1. The van der Waals surface area contributed by atoms with Gasteiger partial charge >= 0.3 is 6.18 Å². The van der Waals surface area contributed by atoms with Crippen molar-refractivity contribution in [1.29, 1.82) is 0 Å². The molecule has 0 spiro atoms. The molecule has 4 rings (SSSR count). The number of alkyl halides is 3. The van der Waals surface area contributed by atoms with E-state index in [9.17, 15) is 23.1 Å². The van der Waals surface area contributed by atoms with Crippen LogP contribution in [0.5, 0.6) is 5.88 Å². The molecule has 0 bridgehead atoms. The molecule has 3 heterocycles. The molecule has 0 unspecified atom stereocenters. The minimum absolute atomic E-state index is 0.109. The molecule has 0 aliphatic carbocycles. The number of nitrogens with zero attached hydrogens (tertiary/aromatic N) is 5. The van der Waals surface area contributed by atoms with Gasteiger partial charge in [0, 0.05) is 12.2 Å². The fraction of sp³-hybridized carbons (Fsp3) is 0.364. The normalized spacial score (nSPS) is 18.9. The molecule has 2 atom stereocenters. The van der Waals surface area contributed by atoms with Crippen LogP contribution in [-0.2, 0) is 12.8 Å². The van der Waals surface area contributed by atoms with Crippen LogP contribution in [0, 0.1) is 0 Å². The maximum atomic E-state index is 13.4. The third-order valence-corrected chi connectivity index (χ3v) is 5.63. The number of aliphatic hydroxyl groups is 1. The summed E-state index contributed by atoms with van der Waals surface area (Å²) in [6.45, 7) is 1.20. The van der Waals surface area contributed by atoms with E-state index in [1.807, 2.05) is 6.92 Å². The molecule has 1 N–H and O–H groups in total. The lowest BCUT2D eigenvalue weighted by Gasteiger charge is -2.38. The summed E-state index contributed by atoms with van der Waals surface area (Å²) in [6, 6.07) is 7.62. The number of para-hydroxylation sites is 1. The highest BCUT2D eigenvalue weighted by atomic mass is 19.4. The van der Waals surface area contributed by atoms with E-state index in [0.717, 1.165) is 12.3 Å². The van der Waals surface area contributed by atoms with Gasteiger partial charge in [-0.3, -0.25) is 4.79 Å². The van der Waals surface area contributed by atoms with Gasteiger partial charge in [-0.1, -0.05) is 12.1 Å². The number of benzene rings is 1. The van der Waals surface area contributed by atoms with E-state index in [1.54, 1.807) is 29.2 Å². The molecular weight excluding hydrogens is 439 g/mol. The van der Waals surface area contributed by atoms with E-state index in [2.05, 4.69) is 15.2 Å². The van der Waals surface area contributed by atoms with E-state index in [-0.39, 0.29) is 24.4 Å². The zero-order chi connectivity index (χ0) is 23.6. The Balaban J connectivity index is 1.58. The van der Waals surface area contributed by atoms with E-state index >= 15 is 0 Å². The zero-order valence-electron chi connectivity index (χ0n) is 17.7. The molecule has 0 saturated carbocycles. The molecule has 174 valence electrons. The Kier molecular flexibility index (Phi) is 6.32. The van der Waals surface area contributed by atoms with Crippen molar-refractivity contribution in [1.82, 2.24) is 24.9 Å². The Morgan fingerprint density at radius 3 is 2.58 bits per heavy atom. The van der Waals surface area contributed by atoms with E-state index in [4.69, 9.17) is 4.74 Å². The molecule has 11 heteroatoms. The molecule has 1 saturated heterocycles. The molecule has 0 radical (unpaired) electrons. The molecule has 1 aromatic carbocycles. The molecule has 8 nitrogen and oxygen atoms in total. The highest BCUT2D eigenvalue weighted by molar-refractivity contribution is 5.98. The molecule has 3 aromatic rings. The lowest BCUT2D eigenvalue weighted by molar-refractivity contribution is -0.139. The van der Waals surface area contributed by atoms with Gasteiger partial charge in [-0.25, -0.2) is 4.98 Å². The van der Waals surface area contributed by atoms with Crippen LogP contribution in [0.1, 0.15) is 41.3 Å². The molecule has 1 aliphatic rings. The fourth-order valence-electron chi connectivity index (χ4n) is 3.93. The Bertz CT molecular complexity index is 1120. The van der Waals surface area contributed by atoms with Gasteiger partial charge in [-0.15, -0.1) is 0 Å². The Labute approximate surface area is 187 Å². The number of halogens is 3. The first-order valence-electron chi connectivity index (χ1n) is 10.4. The van der Waals surface area contributed by atoms with Crippen LogP contribution in [0.25, 0.3) is 5.69 Å². The Hall–Kier alpha value is -3.47. The summed E-state index contributed by atoms with van der Waals surface area (Å²) >= 11 is 0. The van der Waals surface area contributed by atoms with Crippen molar-refractivity contribution in [3.63, 3.8) is 0 Å². The molecular formula is C22H22F3N5O3. The van der Waals surface area contributed by atoms with E-state index < -0.39 is 30.0 Å². The quantitative estimate of drug-likeness (QED) is 0.627. The fourth-order valence-corrected chi connectivity index (χ4v) is 3.93. The Morgan fingerprint density at radius 1 is 1.15 bits per heavy atom. The highest BCUT2D eigenvalue weighted by Crippen LogP contribution is 2.36. The number of aromatic nitrogens is 4. The van der Waals surface area contributed by atoms with Crippen molar-refractivity contribution in [2.75, 3.05) is 6.54 Å². The van der Waals surface area contributed by atoms with Crippen LogP contribution in [0.2, 0.25) is 0 Å². The minimum Gasteiger partial charge on any atom is -0.472 e. The van der Waals surface area contributed by atoms with E-state index in [1.165, 1.54) is 17.2 Å². The van der Waals surface area contributed by atoms with Crippen molar-refractivity contribution in [2.45, 2.75) is 44.7 Å². The maximum Gasteiger partial charge on any atom is 0.417 e. The lowest BCUT2D eigenvalue weighted by Crippen LogP contribution is -2.49. The zero-order valence-corrected chi connectivity index (χ0v) is 17.7. The molecule has 1 amide bonds. The summed E-state index contributed by atoms with van der Waals surface area (Å²) in [5, 5.41) is 17.7. The van der Waals surface area contributed by atoms with Gasteiger partial charge in [0.25, 0.3) is 5.91 Å². The van der Waals surface area contributed by atoms with Gasteiger partial charge in [0.15, 0.2) is 0 Å². The van der Waals surface area contributed by atoms with Crippen molar-refractivity contribution in [3.8, 4) is 11.6 Å². The number of carbonyl (C=O) groups is 1. The number of ether oxygens (including phenoxy) is 1. The van der Waals surface area contributed by atoms with Crippen molar-refractivity contribution >= 4 is 5.91 Å². The average Bonchev–Trinajstić information content (AvgIpc) is 3.34. The van der Waals surface area contributed by atoms with Crippen molar-refractivity contribution < 1.29 is 27.8 Å². The number of aliphatic hydroxyl groups excluding tert-OH is 1. The van der Waals surface area contributed by atoms with Gasteiger partial charge in [0.2, 0.25) is 5.88 Å². The molecule has 1 fully saturated rings. The number of carbonyl (C=O) groups excluding carboxylic acids is 1. The smallest absolute Gasteiger partial charge is 0.417 e. The summed E-state index contributed by atoms with van der Waals surface area (Å²) in [5.41, 5.74) is -0.497. The average molecular weight is 461 g/mol. The van der Waals surface area contributed by atoms with Crippen LogP contribution < -0.4 is 4.74 Å². The van der Waals surface area contributed by atoms with Crippen LogP contribution in [0.15, 0.2) is 48.9 Å². The van der Waals surface area contributed by atoms with Gasteiger partial charge in [-0.05, 0) is 38.0 Å². The predicted molar refractivity (Wildman–Crippen MR) is 111 cm³/mol. The predicted octanol–water partition coefficient (Wildman–Crippen LogP) is 3.25. The van der Waals surface area contributed by atoms with Crippen LogP contribution in [0.3, 0.4) is 0 Å². The van der Waals surface area contributed by atoms with Gasteiger partial charge < -0.3 is 14.7 Å². The first kappa shape index (κ1) is 22.7. The second-order valence-corrected chi connectivity index (χ2v) is 7.76. The summed E-state index contributed by atoms with van der Waals surface area (Å²) < 4.78 is 45.7. The third kappa shape index (κ3) is 4.68. The second-order valence-electron chi connectivity index (χ2n) is 7.76. The lowest BCUT2D eigenvalue weighted by atomic mass is 9.99. The minimum atomic E-state index is -4.65. The maximum absolute atomic E-state index is 13.4. The highest BCUT2D eigenvalue weighted by Gasteiger charge is 2.36. The number of likely N-dealkylation sites (tertiary alicyclic amines) is 1. The summed E-state index contributed by atoms with van der Waals surface area (Å²) in [4.78, 5) is 20.3. The topological polar surface area (TPSA) is 93.4 Å². The molecule has 33 heavy (non-hydrogen) atoms. The monoisotopic (exact) mass is 461 g/mol. The summed E-state index contributed by atoms with van der Waals surface area (Å²) in [6.07, 6.45) is -0.0974. The number of pyridine rings is 1. The van der Waals surface area contributed by atoms with Crippen LogP contribution in [0.4, 0.5) is 13.2 Å². The third-order valence-electron chi connectivity index (χ3n) is 5.63. The van der Waals surface area contributed by atoms with Gasteiger partial charge in [0.05, 0.1) is 47.9 Å². The van der Waals surface area contributed by atoms with Crippen LogP contribution in [-0.4, -0.2) is 54.6 Å². The van der Waals surface area contributed by atoms with E-state index in [0.29, 0.717) is 24.1 Å². The number of hydrogen-bond donors (Lipinski definition) is 1. The first-order chi connectivity index (χ1) is 15.8. The van der Waals surface area contributed by atoms with Crippen LogP contribution >= 0.6 is 0 Å².